The molecule has 34 heavy (non-hydrogen) atoms. The number of aryl methyl sites for hydroxylation is 1. The number of anilines is 1. The van der Waals surface area contributed by atoms with Crippen LogP contribution in [0, 0.1) is 12.8 Å². The summed E-state index contributed by atoms with van der Waals surface area (Å²) in [6, 6.07) is 14.3. The van der Waals surface area contributed by atoms with Crippen LogP contribution < -0.4 is 19.7 Å². The number of rotatable bonds is 9. The van der Waals surface area contributed by atoms with Gasteiger partial charge in [-0.05, 0) is 49.4 Å². The van der Waals surface area contributed by atoms with Crippen molar-refractivity contribution in [2.75, 3.05) is 38.8 Å². The molecule has 1 aliphatic rings. The van der Waals surface area contributed by atoms with Gasteiger partial charge >= 0.3 is 0 Å². The summed E-state index contributed by atoms with van der Waals surface area (Å²) in [4.78, 5) is 19.7. The third kappa shape index (κ3) is 6.05. The molecule has 4 rings (SSSR count). The Morgan fingerprint density at radius 1 is 1.06 bits per heavy atom. The van der Waals surface area contributed by atoms with Crippen LogP contribution in [0.3, 0.4) is 0 Å². The van der Waals surface area contributed by atoms with E-state index in [0.29, 0.717) is 18.0 Å². The number of carbonyl (C=O) groups excluding carboxylic acids is 1. The first kappa shape index (κ1) is 24.0. The Hall–Kier alpha value is -3.13. The molecule has 1 saturated heterocycles. The first-order valence-electron chi connectivity index (χ1n) is 11.7. The lowest BCUT2D eigenvalue weighted by Gasteiger charge is -2.30. The number of carbonyl (C=O) groups is 1. The van der Waals surface area contributed by atoms with Gasteiger partial charge in [-0.15, -0.1) is 0 Å². The SMILES string of the molecule is COc1ccc(CCNC(=O)C2CCN(c3nc(Cc4ccc(C)cc4)ns3)CC2)cc1OC. The average molecular weight is 481 g/mol. The van der Waals surface area contributed by atoms with Gasteiger partial charge in [0.15, 0.2) is 11.5 Å². The lowest BCUT2D eigenvalue weighted by atomic mass is 9.96. The number of nitrogens with one attached hydrogen (secondary N) is 1. The van der Waals surface area contributed by atoms with Crippen molar-refractivity contribution >= 4 is 22.6 Å². The highest BCUT2D eigenvalue weighted by atomic mass is 32.1. The summed E-state index contributed by atoms with van der Waals surface area (Å²) in [5.74, 6) is 2.45. The van der Waals surface area contributed by atoms with Gasteiger partial charge in [0.05, 0.1) is 14.2 Å². The van der Waals surface area contributed by atoms with E-state index in [9.17, 15) is 4.79 Å². The molecule has 0 radical (unpaired) electrons. The van der Waals surface area contributed by atoms with Crippen molar-refractivity contribution in [2.45, 2.75) is 32.6 Å². The van der Waals surface area contributed by atoms with Gasteiger partial charge in [0.2, 0.25) is 11.0 Å². The molecule has 1 aliphatic heterocycles. The molecule has 0 aliphatic carbocycles. The Kier molecular flexibility index (Phi) is 8.00. The van der Waals surface area contributed by atoms with E-state index in [1.165, 1.54) is 22.7 Å². The number of piperidine rings is 1. The van der Waals surface area contributed by atoms with Crippen LogP contribution in [-0.4, -0.2) is 49.1 Å². The van der Waals surface area contributed by atoms with Crippen LogP contribution in [0.25, 0.3) is 0 Å². The van der Waals surface area contributed by atoms with Gasteiger partial charge in [-0.1, -0.05) is 35.9 Å². The van der Waals surface area contributed by atoms with Crippen LogP contribution in [0.15, 0.2) is 42.5 Å². The summed E-state index contributed by atoms with van der Waals surface area (Å²) in [5.41, 5.74) is 3.58. The van der Waals surface area contributed by atoms with Crippen LogP contribution in [-0.2, 0) is 17.6 Å². The maximum absolute atomic E-state index is 12.7. The molecular formula is C26H32N4O3S. The quantitative estimate of drug-likeness (QED) is 0.498. The predicted molar refractivity (Wildman–Crippen MR) is 135 cm³/mol. The fourth-order valence-corrected chi connectivity index (χ4v) is 4.91. The first-order chi connectivity index (χ1) is 16.6. The topological polar surface area (TPSA) is 76.6 Å². The number of aromatic nitrogens is 2. The maximum Gasteiger partial charge on any atom is 0.223 e. The third-order valence-electron chi connectivity index (χ3n) is 6.24. The van der Waals surface area contributed by atoms with Crippen LogP contribution in [0.1, 0.15) is 35.4 Å². The van der Waals surface area contributed by atoms with Gasteiger partial charge in [0.1, 0.15) is 5.82 Å². The monoisotopic (exact) mass is 480 g/mol. The predicted octanol–water partition coefficient (Wildman–Crippen LogP) is 4.03. The van der Waals surface area contributed by atoms with Gasteiger partial charge < -0.3 is 19.7 Å². The fourth-order valence-electron chi connectivity index (χ4n) is 4.18. The van der Waals surface area contributed by atoms with E-state index in [0.717, 1.165) is 55.3 Å². The lowest BCUT2D eigenvalue weighted by molar-refractivity contribution is -0.125. The molecule has 3 aromatic rings. The molecule has 1 N–H and O–H groups in total. The van der Waals surface area contributed by atoms with Gasteiger partial charge in [-0.25, -0.2) is 4.98 Å². The number of benzene rings is 2. The first-order valence-corrected chi connectivity index (χ1v) is 12.4. The molecule has 0 atom stereocenters. The molecule has 2 aromatic carbocycles. The Bertz CT molecular complexity index is 1090. The van der Waals surface area contributed by atoms with Crippen molar-refractivity contribution in [1.29, 1.82) is 0 Å². The number of ether oxygens (including phenoxy) is 2. The normalized spacial score (nSPS) is 14.1. The minimum atomic E-state index is 0.0432. The van der Waals surface area contributed by atoms with Gasteiger partial charge in [-0.2, -0.15) is 4.37 Å². The van der Waals surface area contributed by atoms with Gasteiger partial charge in [-0.3, -0.25) is 4.79 Å². The highest BCUT2D eigenvalue weighted by molar-refractivity contribution is 7.09. The average Bonchev–Trinajstić information content (AvgIpc) is 3.34. The summed E-state index contributed by atoms with van der Waals surface area (Å²) >= 11 is 1.45. The largest absolute Gasteiger partial charge is 0.493 e. The third-order valence-corrected chi connectivity index (χ3v) is 7.05. The van der Waals surface area contributed by atoms with Crippen molar-refractivity contribution in [3.8, 4) is 11.5 Å². The Morgan fingerprint density at radius 2 is 1.76 bits per heavy atom. The molecule has 1 amide bonds. The number of hydrogen-bond acceptors (Lipinski definition) is 7. The molecule has 180 valence electrons. The molecule has 7 nitrogen and oxygen atoms in total. The smallest absolute Gasteiger partial charge is 0.223 e. The van der Waals surface area contributed by atoms with Crippen molar-refractivity contribution in [3.63, 3.8) is 0 Å². The van der Waals surface area contributed by atoms with E-state index in [1.807, 2.05) is 18.2 Å². The van der Waals surface area contributed by atoms with E-state index in [2.05, 4.69) is 45.8 Å². The van der Waals surface area contributed by atoms with Crippen LogP contribution in [0.4, 0.5) is 5.13 Å². The second-order valence-electron chi connectivity index (χ2n) is 8.65. The summed E-state index contributed by atoms with van der Waals surface area (Å²) < 4.78 is 15.2. The Balaban J connectivity index is 1.22. The molecule has 0 bridgehead atoms. The Labute approximate surface area is 205 Å². The zero-order valence-corrected chi connectivity index (χ0v) is 20.9. The summed E-state index contributed by atoms with van der Waals surface area (Å²) in [6.07, 6.45) is 3.15. The van der Waals surface area contributed by atoms with E-state index in [1.54, 1.807) is 14.2 Å². The molecule has 1 aromatic heterocycles. The second-order valence-corrected chi connectivity index (χ2v) is 9.38. The van der Waals surface area contributed by atoms with Gasteiger partial charge in [0.25, 0.3) is 0 Å². The highest BCUT2D eigenvalue weighted by Gasteiger charge is 2.26. The number of hydrogen-bond donors (Lipinski definition) is 1. The molecule has 0 unspecified atom stereocenters. The van der Waals surface area contributed by atoms with Crippen LogP contribution in [0.2, 0.25) is 0 Å². The summed E-state index contributed by atoms with van der Waals surface area (Å²) in [7, 11) is 3.25. The zero-order chi connectivity index (χ0) is 23.9. The van der Waals surface area contributed by atoms with Crippen molar-refractivity contribution in [3.05, 3.63) is 65.0 Å². The summed E-state index contributed by atoms with van der Waals surface area (Å²) in [5, 5.41) is 4.06. The standard InChI is InChI=1S/C26H32N4O3S/c1-18-4-6-19(7-5-18)17-24-28-26(34-29-24)30-14-11-21(12-15-30)25(31)27-13-10-20-8-9-22(32-2)23(16-20)33-3/h4-9,16,21H,10-15,17H2,1-3H3,(H,27,31). The van der Waals surface area contributed by atoms with Crippen molar-refractivity contribution in [1.82, 2.24) is 14.7 Å². The molecule has 0 saturated carbocycles. The van der Waals surface area contributed by atoms with Gasteiger partial charge in [0, 0.05) is 43.5 Å². The number of amides is 1. The molecule has 8 heteroatoms. The van der Waals surface area contributed by atoms with Crippen molar-refractivity contribution < 1.29 is 14.3 Å². The molecule has 0 spiro atoms. The van der Waals surface area contributed by atoms with E-state index < -0.39 is 0 Å². The summed E-state index contributed by atoms with van der Waals surface area (Å²) in [6.45, 7) is 4.35. The fraction of sp³-hybridized carbons (Fsp3) is 0.423. The minimum absolute atomic E-state index is 0.0432. The van der Waals surface area contributed by atoms with Crippen LogP contribution in [0.5, 0.6) is 11.5 Å². The van der Waals surface area contributed by atoms with Crippen molar-refractivity contribution in [2.24, 2.45) is 5.92 Å². The Morgan fingerprint density at radius 3 is 2.47 bits per heavy atom. The van der Waals surface area contributed by atoms with E-state index >= 15 is 0 Å². The van der Waals surface area contributed by atoms with E-state index in [-0.39, 0.29) is 11.8 Å². The highest BCUT2D eigenvalue weighted by Crippen LogP contribution is 2.28. The van der Waals surface area contributed by atoms with E-state index in [4.69, 9.17) is 14.5 Å². The second kappa shape index (κ2) is 11.3. The van der Waals surface area contributed by atoms with Crippen LogP contribution >= 0.6 is 11.5 Å². The lowest BCUT2D eigenvalue weighted by Crippen LogP contribution is -2.41. The molecular weight excluding hydrogens is 448 g/mol. The molecule has 2 heterocycles. The number of nitrogens with zero attached hydrogens (tertiary/aromatic N) is 3. The number of methoxy groups -OCH3 is 2. The molecule has 1 fully saturated rings. The zero-order valence-electron chi connectivity index (χ0n) is 20.0. The minimum Gasteiger partial charge on any atom is -0.493 e. The maximum atomic E-state index is 12.7.